The van der Waals surface area contributed by atoms with Crippen LogP contribution in [0.1, 0.15) is 18.9 Å². The number of piperazine rings is 1. The van der Waals surface area contributed by atoms with Gasteiger partial charge in [0, 0.05) is 51.9 Å². The number of anilines is 1. The molecule has 2 heterocycles. The molecule has 1 aliphatic heterocycles. The number of carbonyl (C=O) groups excluding carboxylic acids is 1. The molecule has 0 atom stereocenters. The number of hydrogen-bond donors (Lipinski definition) is 2. The van der Waals surface area contributed by atoms with Gasteiger partial charge in [-0.3, -0.25) is 4.79 Å². The lowest BCUT2D eigenvalue weighted by Crippen LogP contribution is -2.46. The third-order valence-electron chi connectivity index (χ3n) is 5.21. The minimum Gasteiger partial charge on any atom is -0.354 e. The summed E-state index contributed by atoms with van der Waals surface area (Å²) in [5.74, 6) is 0.696. The summed E-state index contributed by atoms with van der Waals surface area (Å²) in [7, 11) is -3.75. The minimum atomic E-state index is -3.75. The topological polar surface area (TPSA) is 94.6 Å². The first-order valence-corrected chi connectivity index (χ1v) is 12.2. The predicted octanol–water partition coefficient (Wildman–Crippen LogP) is 1.86. The van der Waals surface area contributed by atoms with Gasteiger partial charge in [-0.15, -0.1) is 0 Å². The minimum absolute atomic E-state index is 0.000605. The van der Waals surface area contributed by atoms with Crippen LogP contribution >= 0.6 is 11.6 Å². The monoisotopic (exact) mass is 465 g/mol. The maximum atomic E-state index is 12.3. The quantitative estimate of drug-likeness (QED) is 0.587. The first-order chi connectivity index (χ1) is 14.9. The summed E-state index contributed by atoms with van der Waals surface area (Å²) in [4.78, 5) is 21.3. The number of benzene rings is 1. The number of sulfonamides is 1. The summed E-state index contributed by atoms with van der Waals surface area (Å²) >= 11 is 5.93. The summed E-state index contributed by atoms with van der Waals surface area (Å²) in [5, 5.41) is 2.93. The number of likely N-dealkylation sites (N-methyl/N-ethyl adjacent to an activating group) is 1. The van der Waals surface area contributed by atoms with Crippen LogP contribution in [0.5, 0.6) is 0 Å². The normalized spacial score (nSPS) is 15.1. The van der Waals surface area contributed by atoms with Gasteiger partial charge < -0.3 is 15.1 Å². The van der Waals surface area contributed by atoms with Crippen molar-refractivity contribution in [2.45, 2.75) is 24.8 Å². The highest BCUT2D eigenvalue weighted by Crippen LogP contribution is 2.20. The van der Waals surface area contributed by atoms with Gasteiger partial charge in [0.2, 0.25) is 15.9 Å². The molecule has 1 aromatic carbocycles. The Kier molecular flexibility index (Phi) is 8.25. The van der Waals surface area contributed by atoms with E-state index in [1.54, 1.807) is 18.3 Å². The second-order valence-electron chi connectivity index (χ2n) is 7.30. The zero-order chi connectivity index (χ0) is 22.3. The first-order valence-electron chi connectivity index (χ1n) is 10.3. The standard InChI is InChI=1S/C21H28ClN5O3S/c1-2-26-11-13-27(14-12-26)20-8-7-17(15-23-20)16-24-21(28)9-10-25-31(29,30)19-6-4-3-5-18(19)22/h3-8,15,25H,2,9-14,16H2,1H3,(H,24,28). The van der Waals surface area contributed by atoms with Gasteiger partial charge in [-0.2, -0.15) is 0 Å². The van der Waals surface area contributed by atoms with Crippen molar-refractivity contribution in [1.29, 1.82) is 0 Å². The number of amides is 1. The zero-order valence-electron chi connectivity index (χ0n) is 17.6. The van der Waals surface area contributed by atoms with Crippen LogP contribution in [0.15, 0.2) is 47.5 Å². The molecule has 1 fully saturated rings. The van der Waals surface area contributed by atoms with E-state index in [9.17, 15) is 13.2 Å². The van der Waals surface area contributed by atoms with Crippen LogP contribution in [0.4, 0.5) is 5.82 Å². The van der Waals surface area contributed by atoms with Crippen LogP contribution in [0.2, 0.25) is 5.02 Å². The fourth-order valence-corrected chi connectivity index (χ4v) is 4.88. The summed E-state index contributed by atoms with van der Waals surface area (Å²) < 4.78 is 26.9. The molecule has 8 nitrogen and oxygen atoms in total. The Morgan fingerprint density at radius 1 is 1.13 bits per heavy atom. The lowest BCUT2D eigenvalue weighted by molar-refractivity contribution is -0.121. The van der Waals surface area contributed by atoms with E-state index in [0.29, 0.717) is 6.54 Å². The molecule has 0 spiro atoms. The molecular formula is C21H28ClN5O3S. The van der Waals surface area contributed by atoms with Crippen molar-refractivity contribution in [2.75, 3.05) is 44.2 Å². The maximum Gasteiger partial charge on any atom is 0.242 e. The number of rotatable bonds is 9. The maximum absolute atomic E-state index is 12.3. The van der Waals surface area contributed by atoms with Gasteiger partial charge in [-0.25, -0.2) is 18.1 Å². The van der Waals surface area contributed by atoms with E-state index >= 15 is 0 Å². The van der Waals surface area contributed by atoms with Crippen LogP contribution in [-0.2, 0) is 21.4 Å². The Bertz CT molecular complexity index is 977. The number of pyridine rings is 1. The number of nitrogens with one attached hydrogen (secondary N) is 2. The molecule has 3 rings (SSSR count). The smallest absolute Gasteiger partial charge is 0.242 e. The van der Waals surface area contributed by atoms with Crippen molar-refractivity contribution >= 4 is 33.3 Å². The highest BCUT2D eigenvalue weighted by atomic mass is 35.5. The number of carbonyl (C=O) groups is 1. The van der Waals surface area contributed by atoms with Gasteiger partial charge in [-0.05, 0) is 30.3 Å². The largest absolute Gasteiger partial charge is 0.354 e. The third-order valence-corrected chi connectivity index (χ3v) is 7.17. The molecule has 2 N–H and O–H groups in total. The van der Waals surface area contributed by atoms with Crippen molar-refractivity contribution < 1.29 is 13.2 Å². The first kappa shape index (κ1) is 23.5. The van der Waals surface area contributed by atoms with E-state index in [1.165, 1.54) is 12.1 Å². The van der Waals surface area contributed by atoms with Gasteiger partial charge >= 0.3 is 0 Å². The number of hydrogen-bond acceptors (Lipinski definition) is 6. The zero-order valence-corrected chi connectivity index (χ0v) is 19.1. The average Bonchev–Trinajstić information content (AvgIpc) is 2.78. The van der Waals surface area contributed by atoms with Crippen LogP contribution in [0.3, 0.4) is 0 Å². The Morgan fingerprint density at radius 3 is 2.52 bits per heavy atom. The second kappa shape index (κ2) is 10.9. The van der Waals surface area contributed by atoms with Gasteiger partial charge in [0.15, 0.2) is 0 Å². The molecular weight excluding hydrogens is 438 g/mol. The van der Waals surface area contributed by atoms with E-state index in [-0.39, 0.29) is 28.8 Å². The molecule has 0 radical (unpaired) electrons. The lowest BCUT2D eigenvalue weighted by atomic mass is 10.2. The van der Waals surface area contributed by atoms with Crippen molar-refractivity contribution in [1.82, 2.24) is 19.9 Å². The van der Waals surface area contributed by atoms with E-state index < -0.39 is 10.0 Å². The van der Waals surface area contributed by atoms with Crippen LogP contribution in [0.25, 0.3) is 0 Å². The fourth-order valence-electron chi connectivity index (χ4n) is 3.33. The Labute approximate surface area is 188 Å². The molecule has 168 valence electrons. The average molecular weight is 466 g/mol. The van der Waals surface area contributed by atoms with Crippen molar-refractivity contribution in [2.24, 2.45) is 0 Å². The van der Waals surface area contributed by atoms with Crippen LogP contribution < -0.4 is 14.9 Å². The van der Waals surface area contributed by atoms with Crippen molar-refractivity contribution in [3.8, 4) is 0 Å². The molecule has 31 heavy (non-hydrogen) atoms. The SMILES string of the molecule is CCN1CCN(c2ccc(CNC(=O)CCNS(=O)(=O)c3ccccc3Cl)cn2)CC1. The van der Waals surface area contributed by atoms with Crippen molar-refractivity contribution in [3.63, 3.8) is 0 Å². The molecule has 1 aliphatic rings. The highest BCUT2D eigenvalue weighted by molar-refractivity contribution is 7.89. The highest BCUT2D eigenvalue weighted by Gasteiger charge is 2.18. The summed E-state index contributed by atoms with van der Waals surface area (Å²) in [6.45, 7) is 7.56. The molecule has 0 bridgehead atoms. The van der Waals surface area contributed by atoms with Gasteiger partial charge in [0.25, 0.3) is 0 Å². The molecule has 10 heteroatoms. The van der Waals surface area contributed by atoms with Gasteiger partial charge in [-0.1, -0.05) is 36.7 Å². The summed E-state index contributed by atoms with van der Waals surface area (Å²) in [6.07, 6.45) is 1.79. The molecule has 1 saturated heterocycles. The van der Waals surface area contributed by atoms with E-state index in [0.717, 1.165) is 44.1 Å². The van der Waals surface area contributed by atoms with Gasteiger partial charge in [0.1, 0.15) is 10.7 Å². The third kappa shape index (κ3) is 6.64. The summed E-state index contributed by atoms with van der Waals surface area (Å²) in [6, 6.07) is 10.1. The number of aromatic nitrogens is 1. The molecule has 2 aromatic rings. The Hall–Kier alpha value is -2.20. The van der Waals surface area contributed by atoms with E-state index in [1.807, 2.05) is 12.1 Å². The molecule has 1 amide bonds. The number of nitrogens with zero attached hydrogens (tertiary/aromatic N) is 3. The second-order valence-corrected chi connectivity index (χ2v) is 9.44. The predicted molar refractivity (Wildman–Crippen MR) is 122 cm³/mol. The molecule has 0 saturated carbocycles. The van der Waals surface area contributed by atoms with Gasteiger partial charge in [0.05, 0.1) is 5.02 Å². The summed E-state index contributed by atoms with van der Waals surface area (Å²) in [5.41, 5.74) is 0.890. The lowest BCUT2D eigenvalue weighted by Gasteiger charge is -2.34. The van der Waals surface area contributed by atoms with Crippen LogP contribution in [-0.4, -0.2) is 63.5 Å². The Balaban J connectivity index is 1.41. The molecule has 0 aliphatic carbocycles. The van der Waals surface area contributed by atoms with E-state index in [2.05, 4.69) is 31.7 Å². The Morgan fingerprint density at radius 2 is 1.87 bits per heavy atom. The number of halogens is 1. The van der Waals surface area contributed by atoms with Crippen molar-refractivity contribution in [3.05, 3.63) is 53.2 Å². The molecule has 0 unspecified atom stereocenters. The van der Waals surface area contributed by atoms with E-state index in [4.69, 9.17) is 11.6 Å². The molecule has 1 aromatic heterocycles. The fraction of sp³-hybridized carbons (Fsp3) is 0.429. The van der Waals surface area contributed by atoms with Crippen LogP contribution in [0, 0.1) is 0 Å².